The highest BCUT2D eigenvalue weighted by Crippen LogP contribution is 2.47. The smallest absolute Gasteiger partial charge is 0.413 e. The predicted molar refractivity (Wildman–Crippen MR) is 143 cm³/mol. The largest absolute Gasteiger partial charge is 0.459 e. The summed E-state index contributed by atoms with van der Waals surface area (Å²) in [6.45, 7) is 2.01. The lowest BCUT2D eigenvalue weighted by atomic mass is 9.98. The van der Waals surface area contributed by atoms with E-state index in [0.29, 0.717) is 0 Å². The van der Waals surface area contributed by atoms with E-state index in [0.717, 1.165) is 55.9 Å². The fourth-order valence-electron chi connectivity index (χ4n) is 4.58. The predicted octanol–water partition coefficient (Wildman–Crippen LogP) is 3.30. The van der Waals surface area contributed by atoms with Gasteiger partial charge in [-0.05, 0) is 38.8 Å². The van der Waals surface area contributed by atoms with Crippen LogP contribution in [0.3, 0.4) is 0 Å². The first-order valence-corrected chi connectivity index (χ1v) is 15.2. The Morgan fingerprint density at radius 3 is 2.64 bits per heavy atom. The molecule has 2 heterocycles. The summed E-state index contributed by atoms with van der Waals surface area (Å²) in [5, 5.41) is 13.3. The highest BCUT2D eigenvalue weighted by atomic mass is 32.2. The number of hydrogen-bond donors (Lipinski definition) is 3. The second kappa shape index (κ2) is 12.5. The van der Waals surface area contributed by atoms with Crippen LogP contribution >= 0.6 is 19.5 Å². The van der Waals surface area contributed by atoms with Crippen LogP contribution in [-0.2, 0) is 18.6 Å². The van der Waals surface area contributed by atoms with Crippen molar-refractivity contribution in [2.45, 2.75) is 81.3 Å². The third-order valence-corrected chi connectivity index (χ3v) is 9.77. The van der Waals surface area contributed by atoms with Crippen LogP contribution in [-0.4, -0.2) is 55.5 Å². The van der Waals surface area contributed by atoms with Gasteiger partial charge in [-0.3, -0.25) is 23.7 Å². The number of hydrogen-bond acceptors (Lipinski definition) is 9. The van der Waals surface area contributed by atoms with Crippen LogP contribution in [0.15, 0.2) is 52.2 Å². The average molecular weight is 586 g/mol. The number of aromatic nitrogens is 2. The number of thioether (sulfide) groups is 1. The van der Waals surface area contributed by atoms with Crippen LogP contribution in [0.4, 0.5) is 4.39 Å². The van der Waals surface area contributed by atoms with Crippen LogP contribution < -0.4 is 20.9 Å². The Morgan fingerprint density at radius 1 is 1.28 bits per heavy atom. The van der Waals surface area contributed by atoms with Gasteiger partial charge in [-0.15, -0.1) is 0 Å². The molecule has 1 aromatic heterocycles. The summed E-state index contributed by atoms with van der Waals surface area (Å²) < 4.78 is 47.0. The number of halogens is 1. The molecule has 2 aromatic rings. The molecule has 1 saturated carbocycles. The number of aliphatic hydroxyl groups is 1. The normalized spacial score (nSPS) is 28.1. The molecule has 2 aliphatic rings. The molecule has 4 rings (SSSR count). The number of benzene rings is 1. The third kappa shape index (κ3) is 7.27. The Kier molecular flexibility index (Phi) is 9.51. The van der Waals surface area contributed by atoms with Gasteiger partial charge in [0.2, 0.25) is 5.12 Å². The molecule has 14 heteroatoms. The van der Waals surface area contributed by atoms with Crippen molar-refractivity contribution in [2.24, 2.45) is 0 Å². The van der Waals surface area contributed by atoms with E-state index in [1.54, 1.807) is 37.3 Å². The standard InChI is InChI=1S/C25H33FN3O8PS/c1-16(22(32)39-18-11-7-4-8-12-18)28-38(34,37-17-9-5-3-6-10-17)35-15-19-21(31)25(2,26)23(36-19)29-14-13-20(30)27-24(29)33/h3,5-6,9-10,13-14,16,18-19,21,23,31H,4,7-8,11-12,15H2,1-2H3,(H,28,34)(H,27,30,33)/t16-,19+,21+,23+,25+,38?/m0/s1. The third-order valence-electron chi connectivity index (χ3n) is 6.74. The number of nitrogens with zero attached hydrogens (tertiary/aromatic N) is 1. The van der Waals surface area contributed by atoms with E-state index in [1.807, 2.05) is 4.98 Å². The van der Waals surface area contributed by atoms with Crippen molar-refractivity contribution < 1.29 is 32.6 Å². The maximum Gasteiger partial charge on any atom is 0.459 e. The van der Waals surface area contributed by atoms with Crippen molar-refractivity contribution in [1.29, 1.82) is 0 Å². The van der Waals surface area contributed by atoms with E-state index < -0.39 is 55.7 Å². The number of rotatable bonds is 10. The molecule has 3 N–H and O–H groups in total. The number of H-pyrrole nitrogens is 1. The van der Waals surface area contributed by atoms with Gasteiger partial charge in [-0.2, -0.15) is 0 Å². The lowest BCUT2D eigenvalue weighted by Gasteiger charge is -2.26. The van der Waals surface area contributed by atoms with Crippen molar-refractivity contribution in [1.82, 2.24) is 14.6 Å². The molecule has 0 radical (unpaired) electrons. The topological polar surface area (TPSA) is 149 Å². The molecule has 6 atom stereocenters. The second-order valence-corrected chi connectivity index (χ2v) is 12.9. The summed E-state index contributed by atoms with van der Waals surface area (Å²) in [5.74, 6) is 0.203. The summed E-state index contributed by atoms with van der Waals surface area (Å²) in [6, 6.07) is 8.30. The Hall–Kier alpha value is -2.28. The zero-order valence-corrected chi connectivity index (χ0v) is 23.4. The van der Waals surface area contributed by atoms with Gasteiger partial charge < -0.3 is 14.4 Å². The van der Waals surface area contributed by atoms with E-state index in [9.17, 15) is 24.1 Å². The molecular weight excluding hydrogens is 552 g/mol. The van der Waals surface area contributed by atoms with E-state index in [-0.39, 0.29) is 16.1 Å². The van der Waals surface area contributed by atoms with Gasteiger partial charge in [-0.25, -0.2) is 18.8 Å². The zero-order chi connectivity index (χ0) is 28.2. The van der Waals surface area contributed by atoms with E-state index in [1.165, 1.54) is 11.8 Å². The van der Waals surface area contributed by atoms with Gasteiger partial charge in [0.05, 0.1) is 12.6 Å². The highest BCUT2D eigenvalue weighted by molar-refractivity contribution is 8.14. The number of alkyl halides is 1. The molecule has 1 aliphatic heterocycles. The first-order chi connectivity index (χ1) is 18.5. The highest BCUT2D eigenvalue weighted by Gasteiger charge is 2.56. The minimum Gasteiger partial charge on any atom is -0.413 e. The van der Waals surface area contributed by atoms with Gasteiger partial charge in [0.15, 0.2) is 11.9 Å². The Balaban J connectivity index is 1.48. The molecule has 0 spiro atoms. The SMILES string of the molecule is C[C@H](NP(=O)(OC[C@H]1O[C@@H](n2ccc(=O)[nH]c2=O)[C@](C)(F)[C@@H]1O)Oc1ccccc1)C(=O)SC1CCCCC1. The van der Waals surface area contributed by atoms with Gasteiger partial charge in [0.1, 0.15) is 18.0 Å². The van der Waals surface area contributed by atoms with Crippen molar-refractivity contribution in [3.8, 4) is 5.75 Å². The fourth-order valence-corrected chi connectivity index (χ4v) is 7.35. The molecule has 39 heavy (non-hydrogen) atoms. The minimum atomic E-state index is -4.25. The van der Waals surface area contributed by atoms with Gasteiger partial charge in [0.25, 0.3) is 5.56 Å². The fraction of sp³-hybridized carbons (Fsp3) is 0.560. The van der Waals surface area contributed by atoms with Crippen molar-refractivity contribution in [3.63, 3.8) is 0 Å². The van der Waals surface area contributed by atoms with E-state index in [4.69, 9.17) is 13.8 Å². The van der Waals surface area contributed by atoms with Gasteiger partial charge >= 0.3 is 13.4 Å². The van der Waals surface area contributed by atoms with Gasteiger partial charge in [0, 0.05) is 17.5 Å². The summed E-state index contributed by atoms with van der Waals surface area (Å²) in [4.78, 5) is 38.5. The van der Waals surface area contributed by atoms with Crippen LogP contribution in [0.25, 0.3) is 0 Å². The maximum atomic E-state index is 15.5. The van der Waals surface area contributed by atoms with E-state index >= 15 is 4.39 Å². The molecule has 1 saturated heterocycles. The molecule has 1 aromatic carbocycles. The van der Waals surface area contributed by atoms with Crippen molar-refractivity contribution in [2.75, 3.05) is 6.61 Å². The zero-order valence-electron chi connectivity index (χ0n) is 21.7. The number of carbonyl (C=O) groups is 1. The first-order valence-electron chi connectivity index (χ1n) is 12.8. The minimum absolute atomic E-state index is 0.198. The molecule has 11 nitrogen and oxygen atoms in total. The summed E-state index contributed by atoms with van der Waals surface area (Å²) in [6.07, 6.45) is 1.48. The first kappa shape index (κ1) is 29.7. The molecule has 214 valence electrons. The number of nitrogens with one attached hydrogen (secondary N) is 2. The van der Waals surface area contributed by atoms with Crippen molar-refractivity contribution >= 4 is 24.6 Å². The number of carbonyl (C=O) groups excluding carboxylic acids is 1. The number of aromatic amines is 1. The Labute approximate surface area is 229 Å². The number of para-hydroxylation sites is 1. The quantitative estimate of drug-likeness (QED) is 0.355. The lowest BCUT2D eigenvalue weighted by molar-refractivity contribution is -0.112. The Morgan fingerprint density at radius 2 is 1.97 bits per heavy atom. The summed E-state index contributed by atoms with van der Waals surface area (Å²) >= 11 is 1.21. The monoisotopic (exact) mass is 585 g/mol. The maximum absolute atomic E-state index is 15.5. The molecule has 0 amide bonds. The van der Waals surface area contributed by atoms with Crippen LogP contribution in [0, 0.1) is 0 Å². The van der Waals surface area contributed by atoms with Crippen LogP contribution in [0.1, 0.15) is 52.2 Å². The molecular formula is C25H33FN3O8PS. The number of ether oxygens (including phenoxy) is 1. The molecule has 0 bridgehead atoms. The van der Waals surface area contributed by atoms with Gasteiger partial charge in [-0.1, -0.05) is 49.2 Å². The second-order valence-electron chi connectivity index (χ2n) is 9.89. The molecule has 1 aliphatic carbocycles. The molecule has 2 fully saturated rings. The van der Waals surface area contributed by atoms with Crippen LogP contribution in [0.2, 0.25) is 0 Å². The lowest BCUT2D eigenvalue weighted by Crippen LogP contribution is -2.43. The number of aliphatic hydroxyl groups excluding tert-OH is 1. The summed E-state index contributed by atoms with van der Waals surface area (Å²) in [7, 11) is -4.25. The molecule has 1 unspecified atom stereocenters. The van der Waals surface area contributed by atoms with Crippen molar-refractivity contribution in [3.05, 3.63) is 63.4 Å². The van der Waals surface area contributed by atoms with Crippen LogP contribution in [0.5, 0.6) is 5.75 Å². The van der Waals surface area contributed by atoms with E-state index in [2.05, 4.69) is 5.09 Å². The Bertz CT molecular complexity index is 1300. The summed E-state index contributed by atoms with van der Waals surface area (Å²) in [5.41, 5.74) is -4.06. The average Bonchev–Trinajstić information content (AvgIpc) is 3.12.